The van der Waals surface area contributed by atoms with Crippen LogP contribution >= 0.6 is 11.8 Å². The lowest BCUT2D eigenvalue weighted by atomic mass is 10.1. The predicted octanol–water partition coefficient (Wildman–Crippen LogP) is 2.08. The number of rotatable bonds is 5. The van der Waals surface area contributed by atoms with Crippen molar-refractivity contribution in [2.75, 3.05) is 18.6 Å². The van der Waals surface area contributed by atoms with Gasteiger partial charge in [-0.2, -0.15) is 11.8 Å². The van der Waals surface area contributed by atoms with Crippen molar-refractivity contribution >= 4 is 11.8 Å². The molecule has 0 amide bonds. The minimum atomic E-state index is 0.163. The number of thioether (sulfide) groups is 1. The van der Waals surface area contributed by atoms with E-state index in [1.54, 1.807) is 7.11 Å². The summed E-state index contributed by atoms with van der Waals surface area (Å²) in [6.07, 6.45) is 1.19. The van der Waals surface area contributed by atoms with Crippen LogP contribution in [0.1, 0.15) is 12.5 Å². The summed E-state index contributed by atoms with van der Waals surface area (Å²) in [5.74, 6) is 3.78. The average Bonchev–Trinajstić information content (AvgIpc) is 2.23. The third-order valence-electron chi connectivity index (χ3n) is 2.69. The molecule has 0 radical (unpaired) electrons. The first-order valence-electron chi connectivity index (χ1n) is 5.86. The van der Waals surface area contributed by atoms with Crippen LogP contribution in [0.4, 0.5) is 0 Å². The molecule has 17 heavy (non-hydrogen) atoms. The zero-order valence-corrected chi connectivity index (χ0v) is 11.1. The molecule has 0 aliphatic carbocycles. The Morgan fingerprint density at radius 1 is 1.41 bits per heavy atom. The molecule has 0 aromatic heterocycles. The van der Waals surface area contributed by atoms with Gasteiger partial charge in [-0.3, -0.25) is 0 Å². The fourth-order valence-corrected chi connectivity index (χ4v) is 2.34. The van der Waals surface area contributed by atoms with Gasteiger partial charge in [0.15, 0.2) is 11.5 Å². The quantitative estimate of drug-likeness (QED) is 0.872. The topological polar surface area (TPSA) is 44.5 Å². The van der Waals surface area contributed by atoms with Crippen molar-refractivity contribution in [3.63, 3.8) is 0 Å². The van der Waals surface area contributed by atoms with E-state index in [2.05, 4.69) is 0 Å². The molecule has 94 valence electrons. The Morgan fingerprint density at radius 3 is 2.71 bits per heavy atom. The summed E-state index contributed by atoms with van der Waals surface area (Å²) in [6, 6.07) is 6.21. The van der Waals surface area contributed by atoms with Crippen LogP contribution in [0, 0.1) is 0 Å². The van der Waals surface area contributed by atoms with Crippen LogP contribution in [0.2, 0.25) is 0 Å². The number of hydrogen-bond donors (Lipinski definition) is 1. The minimum absolute atomic E-state index is 0.163. The first-order valence-corrected chi connectivity index (χ1v) is 7.01. The maximum absolute atomic E-state index is 5.91. The van der Waals surface area contributed by atoms with Gasteiger partial charge in [0.05, 0.1) is 7.11 Å². The maximum Gasteiger partial charge on any atom is 0.161 e. The van der Waals surface area contributed by atoms with E-state index in [0.717, 1.165) is 29.4 Å². The van der Waals surface area contributed by atoms with Crippen LogP contribution in [-0.4, -0.2) is 30.8 Å². The molecule has 4 heteroatoms. The van der Waals surface area contributed by atoms with E-state index in [1.807, 2.05) is 36.9 Å². The highest BCUT2D eigenvalue weighted by Crippen LogP contribution is 2.32. The SMILES string of the molecule is COc1ccc(CC(C)N)cc1OC1CSC1. The minimum Gasteiger partial charge on any atom is -0.493 e. The summed E-state index contributed by atoms with van der Waals surface area (Å²) in [5.41, 5.74) is 7.01. The van der Waals surface area contributed by atoms with E-state index in [1.165, 1.54) is 5.56 Å². The van der Waals surface area contributed by atoms with Gasteiger partial charge in [-0.15, -0.1) is 0 Å². The van der Waals surface area contributed by atoms with E-state index in [0.29, 0.717) is 6.10 Å². The Balaban J connectivity index is 2.13. The first kappa shape index (κ1) is 12.6. The highest BCUT2D eigenvalue weighted by Gasteiger charge is 2.21. The Hall–Kier alpha value is -0.870. The molecule has 1 atom stereocenters. The standard InChI is InChI=1S/C13H19NO2S/c1-9(14)5-10-3-4-12(15-2)13(6-10)16-11-7-17-8-11/h3-4,6,9,11H,5,7-8,14H2,1-2H3. The van der Waals surface area contributed by atoms with E-state index >= 15 is 0 Å². The van der Waals surface area contributed by atoms with Gasteiger partial charge < -0.3 is 15.2 Å². The average molecular weight is 253 g/mol. The molecule has 1 aliphatic heterocycles. The van der Waals surface area contributed by atoms with E-state index < -0.39 is 0 Å². The second-order valence-electron chi connectivity index (χ2n) is 4.44. The van der Waals surface area contributed by atoms with Gasteiger partial charge in [-0.05, 0) is 31.0 Å². The van der Waals surface area contributed by atoms with Crippen LogP contribution in [0.5, 0.6) is 11.5 Å². The summed E-state index contributed by atoms with van der Waals surface area (Å²) in [4.78, 5) is 0. The molecule has 0 spiro atoms. The van der Waals surface area contributed by atoms with Gasteiger partial charge in [-0.25, -0.2) is 0 Å². The van der Waals surface area contributed by atoms with Gasteiger partial charge >= 0.3 is 0 Å². The molecular formula is C13H19NO2S. The summed E-state index contributed by atoms with van der Waals surface area (Å²) >= 11 is 1.91. The predicted molar refractivity (Wildman–Crippen MR) is 72.1 cm³/mol. The molecular weight excluding hydrogens is 234 g/mol. The van der Waals surface area contributed by atoms with Crippen molar-refractivity contribution in [1.82, 2.24) is 0 Å². The van der Waals surface area contributed by atoms with Crippen LogP contribution in [0.3, 0.4) is 0 Å². The zero-order chi connectivity index (χ0) is 12.3. The Morgan fingerprint density at radius 2 is 2.18 bits per heavy atom. The molecule has 1 fully saturated rings. The zero-order valence-electron chi connectivity index (χ0n) is 10.3. The van der Waals surface area contributed by atoms with Gasteiger partial charge in [0.1, 0.15) is 6.10 Å². The fourth-order valence-electron chi connectivity index (χ4n) is 1.77. The molecule has 2 rings (SSSR count). The van der Waals surface area contributed by atoms with Crippen molar-refractivity contribution in [2.24, 2.45) is 5.73 Å². The Labute approximate surface area is 107 Å². The molecule has 2 N–H and O–H groups in total. The van der Waals surface area contributed by atoms with Gasteiger partial charge in [0, 0.05) is 17.5 Å². The second kappa shape index (κ2) is 5.65. The molecule has 0 saturated carbocycles. The summed E-state index contributed by atoms with van der Waals surface area (Å²) < 4.78 is 11.2. The molecule has 1 saturated heterocycles. The van der Waals surface area contributed by atoms with E-state index in [-0.39, 0.29) is 6.04 Å². The van der Waals surface area contributed by atoms with Gasteiger partial charge in [0.25, 0.3) is 0 Å². The van der Waals surface area contributed by atoms with Gasteiger partial charge in [-0.1, -0.05) is 6.07 Å². The third-order valence-corrected chi connectivity index (χ3v) is 3.90. The number of benzene rings is 1. The van der Waals surface area contributed by atoms with Crippen LogP contribution < -0.4 is 15.2 Å². The smallest absolute Gasteiger partial charge is 0.161 e. The molecule has 0 bridgehead atoms. The fraction of sp³-hybridized carbons (Fsp3) is 0.538. The molecule has 1 aromatic carbocycles. The van der Waals surface area contributed by atoms with Crippen molar-refractivity contribution in [2.45, 2.75) is 25.5 Å². The highest BCUT2D eigenvalue weighted by molar-refractivity contribution is 8.00. The van der Waals surface area contributed by atoms with Crippen LogP contribution in [0.15, 0.2) is 18.2 Å². The summed E-state index contributed by atoms with van der Waals surface area (Å²) in [6.45, 7) is 2.01. The number of methoxy groups -OCH3 is 1. The van der Waals surface area contributed by atoms with Crippen LogP contribution in [-0.2, 0) is 6.42 Å². The third kappa shape index (κ3) is 3.30. The van der Waals surface area contributed by atoms with E-state index in [9.17, 15) is 0 Å². The summed E-state index contributed by atoms with van der Waals surface area (Å²) in [5, 5.41) is 0. The van der Waals surface area contributed by atoms with Crippen molar-refractivity contribution in [3.05, 3.63) is 23.8 Å². The largest absolute Gasteiger partial charge is 0.493 e. The molecule has 1 unspecified atom stereocenters. The summed E-state index contributed by atoms with van der Waals surface area (Å²) in [7, 11) is 1.67. The maximum atomic E-state index is 5.91. The van der Waals surface area contributed by atoms with Crippen molar-refractivity contribution < 1.29 is 9.47 Å². The number of nitrogens with two attached hydrogens (primary N) is 1. The lowest BCUT2D eigenvalue weighted by Gasteiger charge is -2.27. The van der Waals surface area contributed by atoms with E-state index in [4.69, 9.17) is 15.2 Å². The lowest BCUT2D eigenvalue weighted by molar-refractivity contribution is 0.228. The van der Waals surface area contributed by atoms with Gasteiger partial charge in [0.2, 0.25) is 0 Å². The number of hydrogen-bond acceptors (Lipinski definition) is 4. The first-order chi connectivity index (χ1) is 8.19. The highest BCUT2D eigenvalue weighted by atomic mass is 32.2. The molecule has 1 heterocycles. The van der Waals surface area contributed by atoms with Crippen molar-refractivity contribution in [3.8, 4) is 11.5 Å². The monoisotopic (exact) mass is 253 g/mol. The van der Waals surface area contributed by atoms with Crippen LogP contribution in [0.25, 0.3) is 0 Å². The molecule has 1 aromatic rings. The molecule has 3 nitrogen and oxygen atoms in total. The number of ether oxygens (including phenoxy) is 2. The lowest BCUT2D eigenvalue weighted by Crippen LogP contribution is -2.31. The Bertz CT molecular complexity index is 378. The molecule has 1 aliphatic rings. The van der Waals surface area contributed by atoms with Crippen molar-refractivity contribution in [1.29, 1.82) is 0 Å². The normalized spacial score (nSPS) is 17.4. The Kier molecular flexibility index (Phi) is 4.18. The second-order valence-corrected chi connectivity index (χ2v) is 5.52.